The molecule has 35 heavy (non-hydrogen) atoms. The van der Waals surface area contributed by atoms with Crippen molar-refractivity contribution >= 4 is 41.1 Å². The Morgan fingerprint density at radius 2 is 1.54 bits per heavy atom. The Bertz CT molecular complexity index is 1220. The SMILES string of the molecule is O=C(COC(=O)C[C@H](NC(=O)c1ccccc1Cl)c1ccccc1)NC(=O)Nc1ccccc1F. The maximum atomic E-state index is 13.6. The molecule has 180 valence electrons. The van der Waals surface area contributed by atoms with Gasteiger partial charge in [-0.15, -0.1) is 0 Å². The number of hydrogen-bond acceptors (Lipinski definition) is 5. The van der Waals surface area contributed by atoms with Crippen LogP contribution in [0.4, 0.5) is 14.9 Å². The van der Waals surface area contributed by atoms with Gasteiger partial charge >= 0.3 is 12.0 Å². The zero-order valence-electron chi connectivity index (χ0n) is 18.3. The lowest BCUT2D eigenvalue weighted by atomic mass is 10.0. The monoisotopic (exact) mass is 497 g/mol. The van der Waals surface area contributed by atoms with Crippen molar-refractivity contribution in [1.29, 1.82) is 0 Å². The number of benzene rings is 3. The second-order valence-electron chi connectivity index (χ2n) is 7.26. The Labute approximate surface area is 205 Å². The van der Waals surface area contributed by atoms with Crippen LogP contribution in [0.2, 0.25) is 5.02 Å². The molecule has 0 unspecified atom stereocenters. The quantitative estimate of drug-likeness (QED) is 0.403. The molecule has 0 fully saturated rings. The Kier molecular flexibility index (Phi) is 8.91. The third-order valence-electron chi connectivity index (χ3n) is 4.74. The molecule has 0 aliphatic rings. The number of urea groups is 1. The predicted molar refractivity (Wildman–Crippen MR) is 127 cm³/mol. The minimum Gasteiger partial charge on any atom is -0.455 e. The fourth-order valence-electron chi connectivity index (χ4n) is 3.07. The molecule has 10 heteroatoms. The normalized spacial score (nSPS) is 11.1. The maximum absolute atomic E-state index is 13.6. The van der Waals surface area contributed by atoms with E-state index in [0.29, 0.717) is 5.56 Å². The molecule has 0 aliphatic heterocycles. The fourth-order valence-corrected chi connectivity index (χ4v) is 3.29. The molecule has 3 rings (SSSR count). The van der Waals surface area contributed by atoms with Crippen molar-refractivity contribution < 1.29 is 28.3 Å². The van der Waals surface area contributed by atoms with Crippen LogP contribution in [0.25, 0.3) is 0 Å². The number of carbonyl (C=O) groups is 4. The van der Waals surface area contributed by atoms with Crippen molar-refractivity contribution in [2.45, 2.75) is 12.5 Å². The fraction of sp³-hybridized carbons (Fsp3) is 0.120. The third-order valence-corrected chi connectivity index (χ3v) is 5.07. The number of halogens is 2. The highest BCUT2D eigenvalue weighted by molar-refractivity contribution is 6.33. The van der Waals surface area contributed by atoms with Crippen LogP contribution in [-0.2, 0) is 14.3 Å². The third kappa shape index (κ3) is 7.65. The molecule has 4 amide bonds. The van der Waals surface area contributed by atoms with Crippen LogP contribution in [0.1, 0.15) is 28.4 Å². The molecule has 0 spiro atoms. The lowest BCUT2D eigenvalue weighted by molar-refractivity contribution is -0.148. The van der Waals surface area contributed by atoms with Crippen molar-refractivity contribution in [3.8, 4) is 0 Å². The van der Waals surface area contributed by atoms with Gasteiger partial charge in [-0.25, -0.2) is 9.18 Å². The minimum absolute atomic E-state index is 0.116. The molecule has 1 atom stereocenters. The van der Waals surface area contributed by atoms with Crippen LogP contribution in [0.15, 0.2) is 78.9 Å². The number of nitrogens with one attached hydrogen (secondary N) is 3. The lowest BCUT2D eigenvalue weighted by Gasteiger charge is -2.19. The molecule has 0 bridgehead atoms. The topological polar surface area (TPSA) is 114 Å². The van der Waals surface area contributed by atoms with Crippen LogP contribution < -0.4 is 16.0 Å². The molecule has 0 saturated heterocycles. The Morgan fingerprint density at radius 3 is 2.26 bits per heavy atom. The number of ether oxygens (including phenoxy) is 1. The summed E-state index contributed by atoms with van der Waals surface area (Å²) in [6.45, 7) is -0.747. The Morgan fingerprint density at radius 1 is 0.886 bits per heavy atom. The van der Waals surface area contributed by atoms with E-state index in [1.165, 1.54) is 18.2 Å². The molecular weight excluding hydrogens is 477 g/mol. The second-order valence-corrected chi connectivity index (χ2v) is 7.67. The van der Waals surface area contributed by atoms with Crippen molar-refractivity contribution in [3.63, 3.8) is 0 Å². The van der Waals surface area contributed by atoms with E-state index in [-0.39, 0.29) is 22.7 Å². The van der Waals surface area contributed by atoms with Gasteiger partial charge in [0.2, 0.25) is 0 Å². The van der Waals surface area contributed by atoms with Crippen LogP contribution >= 0.6 is 11.6 Å². The number of para-hydroxylation sites is 1. The number of carbonyl (C=O) groups excluding carboxylic acids is 4. The zero-order chi connectivity index (χ0) is 25.2. The summed E-state index contributed by atoms with van der Waals surface area (Å²) < 4.78 is 18.5. The predicted octanol–water partition coefficient (Wildman–Crippen LogP) is 4.23. The summed E-state index contributed by atoms with van der Waals surface area (Å²) in [5.74, 6) is -2.86. The summed E-state index contributed by atoms with van der Waals surface area (Å²) in [7, 11) is 0. The first-order valence-electron chi connectivity index (χ1n) is 10.4. The van der Waals surface area contributed by atoms with Crippen LogP contribution in [0.3, 0.4) is 0 Å². The number of imide groups is 1. The van der Waals surface area contributed by atoms with Crippen LogP contribution in [0, 0.1) is 5.82 Å². The van der Waals surface area contributed by atoms with Crippen molar-refractivity contribution in [2.75, 3.05) is 11.9 Å². The van der Waals surface area contributed by atoms with E-state index in [9.17, 15) is 23.6 Å². The van der Waals surface area contributed by atoms with Gasteiger partial charge in [0, 0.05) is 0 Å². The Balaban J connectivity index is 1.56. The average Bonchev–Trinajstić information content (AvgIpc) is 2.84. The highest BCUT2D eigenvalue weighted by atomic mass is 35.5. The highest BCUT2D eigenvalue weighted by Crippen LogP contribution is 2.20. The van der Waals surface area contributed by atoms with Crippen molar-refractivity contribution in [3.05, 3.63) is 101 Å². The van der Waals surface area contributed by atoms with Crippen molar-refractivity contribution in [1.82, 2.24) is 10.6 Å². The molecule has 0 aromatic heterocycles. The van der Waals surface area contributed by atoms with E-state index in [1.54, 1.807) is 54.6 Å². The lowest BCUT2D eigenvalue weighted by Crippen LogP contribution is -2.37. The molecule has 0 aliphatic carbocycles. The summed E-state index contributed by atoms with van der Waals surface area (Å²) in [4.78, 5) is 48.9. The van der Waals surface area contributed by atoms with E-state index in [2.05, 4.69) is 10.6 Å². The van der Waals surface area contributed by atoms with E-state index < -0.39 is 42.3 Å². The summed E-state index contributed by atoms with van der Waals surface area (Å²) in [5, 5.41) is 7.12. The first-order valence-corrected chi connectivity index (χ1v) is 10.8. The first kappa shape index (κ1) is 25.4. The number of hydrogen-bond donors (Lipinski definition) is 3. The molecule has 3 aromatic rings. The molecular formula is C25H21ClFN3O5. The molecule has 0 radical (unpaired) electrons. The molecule has 3 aromatic carbocycles. The molecule has 0 saturated carbocycles. The van der Waals surface area contributed by atoms with E-state index in [0.717, 1.165) is 6.07 Å². The minimum atomic E-state index is -0.981. The number of esters is 1. The van der Waals surface area contributed by atoms with Crippen LogP contribution in [-0.4, -0.2) is 30.4 Å². The number of anilines is 1. The van der Waals surface area contributed by atoms with Gasteiger partial charge < -0.3 is 15.4 Å². The zero-order valence-corrected chi connectivity index (χ0v) is 19.1. The first-order chi connectivity index (χ1) is 16.8. The molecule has 0 heterocycles. The molecule has 8 nitrogen and oxygen atoms in total. The standard InChI is InChI=1S/C25H21ClFN3O5/c26-18-11-5-4-10-17(18)24(33)28-21(16-8-2-1-3-9-16)14-23(32)35-15-22(31)30-25(34)29-20-13-7-6-12-19(20)27/h1-13,21H,14-15H2,(H,28,33)(H2,29,30,31,34)/t21-/m0/s1. The summed E-state index contributed by atoms with van der Waals surface area (Å²) in [6, 6.07) is 18.9. The largest absolute Gasteiger partial charge is 0.455 e. The average molecular weight is 498 g/mol. The summed E-state index contributed by atoms with van der Waals surface area (Å²) >= 11 is 6.09. The van der Waals surface area contributed by atoms with E-state index in [1.807, 2.05) is 5.32 Å². The van der Waals surface area contributed by atoms with Crippen LogP contribution in [0.5, 0.6) is 0 Å². The summed E-state index contributed by atoms with van der Waals surface area (Å²) in [5.41, 5.74) is 0.761. The number of amides is 4. The second kappa shape index (κ2) is 12.3. The van der Waals surface area contributed by atoms with Gasteiger partial charge in [-0.05, 0) is 29.8 Å². The number of rotatable bonds is 8. The van der Waals surface area contributed by atoms with Gasteiger partial charge in [0.05, 0.1) is 28.7 Å². The van der Waals surface area contributed by atoms with Gasteiger partial charge in [0.25, 0.3) is 11.8 Å². The van der Waals surface area contributed by atoms with Gasteiger partial charge in [0.15, 0.2) is 6.61 Å². The van der Waals surface area contributed by atoms with Gasteiger partial charge in [-0.3, -0.25) is 19.7 Å². The Hall–Kier alpha value is -4.24. The summed E-state index contributed by atoms with van der Waals surface area (Å²) in [6.07, 6.45) is -0.283. The van der Waals surface area contributed by atoms with Crippen molar-refractivity contribution in [2.24, 2.45) is 0 Å². The van der Waals surface area contributed by atoms with Gasteiger partial charge in [0.1, 0.15) is 5.82 Å². The van der Waals surface area contributed by atoms with Gasteiger partial charge in [-0.2, -0.15) is 0 Å². The smallest absolute Gasteiger partial charge is 0.326 e. The van der Waals surface area contributed by atoms with E-state index in [4.69, 9.17) is 16.3 Å². The highest BCUT2D eigenvalue weighted by Gasteiger charge is 2.22. The van der Waals surface area contributed by atoms with Gasteiger partial charge in [-0.1, -0.05) is 66.2 Å². The maximum Gasteiger partial charge on any atom is 0.326 e. The molecule has 3 N–H and O–H groups in total. The van der Waals surface area contributed by atoms with E-state index >= 15 is 0 Å².